The minimum absolute atomic E-state index is 0.0728. The molecule has 0 amide bonds. The van der Waals surface area contributed by atoms with Crippen LogP contribution in [0.3, 0.4) is 0 Å². The van der Waals surface area contributed by atoms with Crippen molar-refractivity contribution in [2.24, 2.45) is 0 Å². The van der Waals surface area contributed by atoms with E-state index in [1.54, 1.807) is 38.1 Å². The smallest absolute Gasteiger partial charge is 0.449 e. The molecule has 0 N–H and O–H groups in total. The Balaban J connectivity index is 1.78. The normalized spacial score (nSPS) is 11.5. The number of esters is 1. The molecule has 0 bridgehead atoms. The van der Waals surface area contributed by atoms with Crippen molar-refractivity contribution in [3.05, 3.63) is 96.9 Å². The Morgan fingerprint density at radius 2 is 1.62 bits per heavy atom. The van der Waals surface area contributed by atoms with Gasteiger partial charge in [-0.05, 0) is 84.0 Å². The molecule has 1 heterocycles. The highest BCUT2D eigenvalue weighted by Crippen LogP contribution is 2.39. The molecule has 0 spiro atoms. The minimum atomic E-state index is -5.01. The number of alkyl halides is 3. The molecule has 0 saturated carbocycles. The van der Waals surface area contributed by atoms with E-state index >= 15 is 0 Å². The highest BCUT2D eigenvalue weighted by Gasteiger charge is 2.40. The molecule has 9 heteroatoms. The minimum Gasteiger partial charge on any atom is -0.449 e. The van der Waals surface area contributed by atoms with Crippen molar-refractivity contribution < 1.29 is 31.9 Å². The summed E-state index contributed by atoms with van der Waals surface area (Å²) in [6.45, 7) is 3.51. The third-order valence-electron chi connectivity index (χ3n) is 4.80. The number of aryl methyl sites for hydroxylation is 2. The number of rotatable bonds is 4. The van der Waals surface area contributed by atoms with Gasteiger partial charge in [0.05, 0.1) is 10.9 Å². The maximum atomic E-state index is 13.8. The lowest BCUT2D eigenvalue weighted by Crippen LogP contribution is -2.16. The largest absolute Gasteiger partial charge is 0.453 e. The van der Waals surface area contributed by atoms with Crippen LogP contribution >= 0.6 is 22.6 Å². The Hall–Kier alpha value is -3.34. The van der Waals surface area contributed by atoms with Crippen molar-refractivity contribution in [2.45, 2.75) is 20.0 Å². The number of fused-ring (bicyclic) bond motifs is 1. The second-order valence-corrected chi connectivity index (χ2v) is 8.70. The molecule has 5 nitrogen and oxygen atoms in total. The van der Waals surface area contributed by atoms with Gasteiger partial charge in [0.15, 0.2) is 0 Å². The fourth-order valence-electron chi connectivity index (χ4n) is 3.40. The van der Waals surface area contributed by atoms with Gasteiger partial charge in [-0.15, -0.1) is 0 Å². The fourth-order valence-corrected chi connectivity index (χ4v) is 4.01. The number of hydrogen-bond donors (Lipinski definition) is 0. The van der Waals surface area contributed by atoms with Crippen LogP contribution in [0.25, 0.3) is 11.0 Å². The first-order chi connectivity index (χ1) is 16.0. The van der Waals surface area contributed by atoms with Crippen molar-refractivity contribution in [3.8, 4) is 17.2 Å². The van der Waals surface area contributed by atoms with Crippen molar-refractivity contribution in [3.63, 3.8) is 0 Å². The van der Waals surface area contributed by atoms with Gasteiger partial charge in [0, 0.05) is 9.64 Å². The SMILES string of the molecule is Cc1cc(C)cc(Oc2c(C(F)(F)F)oc3cc(OC(=O)c4ccccc4I)ccc3c2=O)c1. The Morgan fingerprint density at radius 3 is 2.26 bits per heavy atom. The third-order valence-corrected chi connectivity index (χ3v) is 5.74. The molecular weight excluding hydrogens is 564 g/mol. The molecule has 4 aromatic rings. The molecule has 0 radical (unpaired) electrons. The summed E-state index contributed by atoms with van der Waals surface area (Å²) in [5, 5.41) is -0.151. The molecule has 174 valence electrons. The summed E-state index contributed by atoms with van der Waals surface area (Å²) < 4.78 is 57.8. The molecule has 0 atom stereocenters. The highest BCUT2D eigenvalue weighted by atomic mass is 127. The summed E-state index contributed by atoms with van der Waals surface area (Å²) in [6, 6.07) is 15.1. The van der Waals surface area contributed by atoms with Crippen LogP contribution in [0.1, 0.15) is 27.2 Å². The van der Waals surface area contributed by atoms with Gasteiger partial charge in [0.2, 0.25) is 11.2 Å². The van der Waals surface area contributed by atoms with E-state index in [-0.39, 0.29) is 22.4 Å². The molecule has 0 fully saturated rings. The fraction of sp³-hybridized carbons (Fsp3) is 0.120. The number of carbonyl (C=O) groups excluding carboxylic acids is 1. The van der Waals surface area contributed by atoms with E-state index in [9.17, 15) is 22.8 Å². The topological polar surface area (TPSA) is 65.7 Å². The average Bonchev–Trinajstić information content (AvgIpc) is 2.74. The molecule has 4 rings (SSSR count). The third kappa shape index (κ3) is 4.93. The molecule has 0 unspecified atom stereocenters. The van der Waals surface area contributed by atoms with Crippen LogP contribution in [0.2, 0.25) is 0 Å². The number of carbonyl (C=O) groups is 1. The zero-order valence-corrected chi connectivity index (χ0v) is 20.0. The Bertz CT molecular complexity index is 1450. The Labute approximate surface area is 205 Å². The van der Waals surface area contributed by atoms with E-state index in [2.05, 4.69) is 0 Å². The zero-order chi connectivity index (χ0) is 24.6. The van der Waals surface area contributed by atoms with Crippen LogP contribution < -0.4 is 14.9 Å². The van der Waals surface area contributed by atoms with E-state index in [1.165, 1.54) is 24.3 Å². The lowest BCUT2D eigenvalue weighted by molar-refractivity contribution is -0.154. The van der Waals surface area contributed by atoms with Gasteiger partial charge in [0.25, 0.3) is 5.76 Å². The van der Waals surface area contributed by atoms with Crippen LogP contribution in [0.5, 0.6) is 17.2 Å². The predicted molar refractivity (Wildman–Crippen MR) is 128 cm³/mol. The second-order valence-electron chi connectivity index (χ2n) is 7.54. The molecule has 0 aliphatic carbocycles. The van der Waals surface area contributed by atoms with Crippen LogP contribution in [0.15, 0.2) is 69.9 Å². The lowest BCUT2D eigenvalue weighted by atomic mass is 10.1. The first-order valence-electron chi connectivity index (χ1n) is 9.94. The second kappa shape index (κ2) is 9.13. The van der Waals surface area contributed by atoms with E-state index in [0.29, 0.717) is 3.57 Å². The summed E-state index contributed by atoms with van der Waals surface area (Å²) in [4.78, 5) is 25.4. The number of halogens is 4. The van der Waals surface area contributed by atoms with E-state index < -0.39 is 34.7 Å². The summed E-state index contributed by atoms with van der Waals surface area (Å²) in [6.07, 6.45) is -5.01. The zero-order valence-electron chi connectivity index (χ0n) is 17.8. The summed E-state index contributed by atoms with van der Waals surface area (Å²) in [5.41, 5.74) is 0.417. The molecule has 34 heavy (non-hydrogen) atoms. The monoisotopic (exact) mass is 580 g/mol. The molecule has 0 saturated heterocycles. The first kappa shape index (κ1) is 23.8. The number of ether oxygens (including phenoxy) is 2. The molecule has 1 aromatic heterocycles. The van der Waals surface area contributed by atoms with Gasteiger partial charge in [-0.2, -0.15) is 13.2 Å². The molecular formula is C25H16F3IO5. The lowest BCUT2D eigenvalue weighted by Gasteiger charge is -2.14. The van der Waals surface area contributed by atoms with Crippen LogP contribution in [0, 0.1) is 17.4 Å². The summed E-state index contributed by atoms with van der Waals surface area (Å²) in [5.74, 6) is -3.23. The van der Waals surface area contributed by atoms with Crippen LogP contribution in [0.4, 0.5) is 13.2 Å². The van der Waals surface area contributed by atoms with Gasteiger partial charge in [-0.1, -0.05) is 18.2 Å². The van der Waals surface area contributed by atoms with Gasteiger partial charge in [-0.3, -0.25) is 4.79 Å². The van der Waals surface area contributed by atoms with E-state index in [4.69, 9.17) is 13.9 Å². The number of hydrogen-bond acceptors (Lipinski definition) is 5. The van der Waals surface area contributed by atoms with Gasteiger partial charge >= 0.3 is 12.1 Å². The standard InChI is InChI=1S/C25H16F3IO5/c1-13-9-14(2)11-16(10-13)32-22-21(30)18-8-7-15(12-20(18)34-23(22)25(26,27)28)33-24(31)17-5-3-4-6-19(17)29/h3-12H,1-2H3. The maximum absolute atomic E-state index is 13.8. The average molecular weight is 580 g/mol. The van der Waals surface area contributed by atoms with Crippen molar-refractivity contribution in [1.29, 1.82) is 0 Å². The molecule has 3 aromatic carbocycles. The van der Waals surface area contributed by atoms with Crippen LogP contribution in [-0.4, -0.2) is 5.97 Å². The highest BCUT2D eigenvalue weighted by molar-refractivity contribution is 14.1. The van der Waals surface area contributed by atoms with Gasteiger partial charge < -0.3 is 13.9 Å². The van der Waals surface area contributed by atoms with Gasteiger partial charge in [-0.25, -0.2) is 4.79 Å². The first-order valence-corrected chi connectivity index (χ1v) is 11.0. The van der Waals surface area contributed by atoms with Gasteiger partial charge in [0.1, 0.15) is 17.1 Å². The Kier molecular flexibility index (Phi) is 6.39. The summed E-state index contributed by atoms with van der Waals surface area (Å²) in [7, 11) is 0. The van der Waals surface area contributed by atoms with Crippen molar-refractivity contribution in [1.82, 2.24) is 0 Å². The predicted octanol–water partition coefficient (Wildman–Crippen LogP) is 7.04. The molecule has 0 aliphatic rings. The van der Waals surface area contributed by atoms with E-state index in [1.807, 2.05) is 28.7 Å². The number of benzene rings is 3. The Morgan fingerprint density at radius 1 is 0.941 bits per heavy atom. The van der Waals surface area contributed by atoms with Crippen LogP contribution in [-0.2, 0) is 6.18 Å². The maximum Gasteiger partial charge on any atom is 0.453 e. The van der Waals surface area contributed by atoms with E-state index in [0.717, 1.165) is 17.2 Å². The van der Waals surface area contributed by atoms with Crippen molar-refractivity contribution >= 4 is 39.5 Å². The molecule has 0 aliphatic heterocycles. The van der Waals surface area contributed by atoms with Crippen molar-refractivity contribution in [2.75, 3.05) is 0 Å². The quantitative estimate of drug-likeness (QED) is 0.147. The summed E-state index contributed by atoms with van der Waals surface area (Å²) >= 11 is 1.97.